The smallest absolute Gasteiger partial charge is 0.161 e. The lowest BCUT2D eigenvalue weighted by atomic mass is 9.86. The van der Waals surface area contributed by atoms with Crippen molar-refractivity contribution in [2.24, 2.45) is 11.0 Å². The van der Waals surface area contributed by atoms with Crippen molar-refractivity contribution in [3.8, 4) is 11.5 Å². The van der Waals surface area contributed by atoms with Crippen LogP contribution in [0.2, 0.25) is 0 Å². The minimum atomic E-state index is 0.183. The third-order valence-corrected chi connectivity index (χ3v) is 5.65. The van der Waals surface area contributed by atoms with E-state index in [0.29, 0.717) is 19.1 Å². The van der Waals surface area contributed by atoms with Gasteiger partial charge in [-0.1, -0.05) is 43.3 Å². The van der Waals surface area contributed by atoms with E-state index in [1.165, 1.54) is 16.8 Å². The number of piperidine rings is 1. The highest BCUT2D eigenvalue weighted by molar-refractivity contribution is 5.90. The van der Waals surface area contributed by atoms with E-state index in [2.05, 4.69) is 64.8 Å². The third-order valence-electron chi connectivity index (χ3n) is 5.65. The lowest BCUT2D eigenvalue weighted by Gasteiger charge is -2.33. The van der Waals surface area contributed by atoms with Gasteiger partial charge in [0.15, 0.2) is 11.5 Å². The van der Waals surface area contributed by atoms with E-state index >= 15 is 0 Å². The maximum Gasteiger partial charge on any atom is 0.161 e. The van der Waals surface area contributed by atoms with Crippen LogP contribution in [-0.2, 0) is 6.54 Å². The molecule has 0 aliphatic carbocycles. The molecule has 5 nitrogen and oxygen atoms in total. The number of fused-ring (bicyclic) bond motifs is 1. The molecule has 2 aromatic carbocycles. The van der Waals surface area contributed by atoms with Crippen LogP contribution in [0.1, 0.15) is 43.9 Å². The molecule has 2 unspecified atom stereocenters. The van der Waals surface area contributed by atoms with E-state index < -0.39 is 0 Å². The molecule has 1 N–H and O–H groups in total. The third kappa shape index (κ3) is 4.56. The molecule has 5 heteroatoms. The zero-order chi connectivity index (χ0) is 20.1. The highest BCUT2D eigenvalue weighted by Crippen LogP contribution is 2.37. The fraction of sp³-hybridized carbons (Fsp3) is 0.458. The first-order valence-corrected chi connectivity index (χ1v) is 10.8. The molecule has 1 saturated heterocycles. The Hall–Kier alpha value is -2.53. The van der Waals surface area contributed by atoms with Crippen molar-refractivity contribution in [2.45, 2.75) is 39.3 Å². The molecular formula is C24H31N3O2. The Morgan fingerprint density at radius 3 is 2.72 bits per heavy atom. The molecule has 29 heavy (non-hydrogen) atoms. The van der Waals surface area contributed by atoms with E-state index in [4.69, 9.17) is 9.47 Å². The molecule has 2 aliphatic heterocycles. The van der Waals surface area contributed by atoms with Gasteiger partial charge in [0.25, 0.3) is 0 Å². The van der Waals surface area contributed by atoms with Crippen LogP contribution < -0.4 is 14.9 Å². The summed E-state index contributed by atoms with van der Waals surface area (Å²) in [7, 11) is 0. The van der Waals surface area contributed by atoms with Crippen LogP contribution >= 0.6 is 0 Å². The Bertz CT molecular complexity index is 837. The van der Waals surface area contributed by atoms with E-state index in [1.54, 1.807) is 0 Å². The van der Waals surface area contributed by atoms with Crippen LogP contribution in [0, 0.1) is 5.92 Å². The Kier molecular flexibility index (Phi) is 6.35. The normalized spacial score (nSPS) is 21.2. The number of hydrazone groups is 1. The van der Waals surface area contributed by atoms with Gasteiger partial charge in [0.05, 0.1) is 19.3 Å². The summed E-state index contributed by atoms with van der Waals surface area (Å²) in [6.45, 7) is 8.51. The Morgan fingerprint density at radius 2 is 1.93 bits per heavy atom. The number of nitrogens with one attached hydrogen (secondary N) is 1. The van der Waals surface area contributed by atoms with Crippen molar-refractivity contribution in [1.82, 2.24) is 10.3 Å². The summed E-state index contributed by atoms with van der Waals surface area (Å²) in [6, 6.07) is 17.2. The number of ether oxygens (including phenoxy) is 2. The van der Waals surface area contributed by atoms with Gasteiger partial charge in [-0.15, -0.1) is 0 Å². The van der Waals surface area contributed by atoms with Crippen molar-refractivity contribution in [3.05, 3.63) is 59.7 Å². The zero-order valence-electron chi connectivity index (χ0n) is 17.4. The van der Waals surface area contributed by atoms with Gasteiger partial charge in [0.1, 0.15) is 0 Å². The van der Waals surface area contributed by atoms with E-state index in [1.807, 2.05) is 13.0 Å². The maximum atomic E-state index is 5.87. The van der Waals surface area contributed by atoms with E-state index in [0.717, 1.165) is 44.0 Å². The second-order valence-electron chi connectivity index (χ2n) is 7.77. The minimum absolute atomic E-state index is 0.183. The molecule has 2 heterocycles. The van der Waals surface area contributed by atoms with Gasteiger partial charge in [-0.3, -0.25) is 4.90 Å². The summed E-state index contributed by atoms with van der Waals surface area (Å²) in [5.74, 6) is 2.04. The van der Waals surface area contributed by atoms with Crippen molar-refractivity contribution in [3.63, 3.8) is 0 Å². The fourth-order valence-corrected chi connectivity index (χ4v) is 4.22. The summed E-state index contributed by atoms with van der Waals surface area (Å²) in [5, 5.41) is 4.67. The second-order valence-corrected chi connectivity index (χ2v) is 7.77. The van der Waals surface area contributed by atoms with Gasteiger partial charge in [0, 0.05) is 37.7 Å². The van der Waals surface area contributed by atoms with E-state index in [9.17, 15) is 0 Å². The molecule has 2 aromatic rings. The standard InChI is InChI=1S/C24H31N3O2/c1-3-14-29-22-11-10-19(15-23(22)28-4-2)24-20-17-27(13-12-21(20)25-26-24)16-18-8-6-5-7-9-18/h5-11,15,20,24,26H,3-4,12-14,16-17H2,1-2H3. The molecule has 0 amide bonds. The second kappa shape index (κ2) is 9.31. The lowest BCUT2D eigenvalue weighted by Crippen LogP contribution is -2.41. The molecule has 2 atom stereocenters. The summed E-state index contributed by atoms with van der Waals surface area (Å²) >= 11 is 0. The number of hydrogen-bond donors (Lipinski definition) is 1. The Labute approximate surface area is 173 Å². The average molecular weight is 394 g/mol. The molecule has 0 spiro atoms. The quantitative estimate of drug-likeness (QED) is 0.722. The first-order valence-electron chi connectivity index (χ1n) is 10.8. The van der Waals surface area contributed by atoms with Crippen LogP contribution in [0.5, 0.6) is 11.5 Å². The molecule has 0 radical (unpaired) electrons. The van der Waals surface area contributed by atoms with Crippen molar-refractivity contribution in [2.75, 3.05) is 26.3 Å². The fourth-order valence-electron chi connectivity index (χ4n) is 4.22. The first kappa shape index (κ1) is 19.8. The lowest BCUT2D eigenvalue weighted by molar-refractivity contribution is 0.220. The van der Waals surface area contributed by atoms with Crippen LogP contribution in [0.4, 0.5) is 0 Å². The monoisotopic (exact) mass is 393 g/mol. The minimum Gasteiger partial charge on any atom is -0.490 e. The summed E-state index contributed by atoms with van der Waals surface area (Å²) in [6.07, 6.45) is 2.00. The summed E-state index contributed by atoms with van der Waals surface area (Å²) < 4.78 is 11.7. The maximum absolute atomic E-state index is 5.87. The van der Waals surface area contributed by atoms with Crippen LogP contribution in [0.3, 0.4) is 0 Å². The highest BCUT2D eigenvalue weighted by Gasteiger charge is 2.37. The largest absolute Gasteiger partial charge is 0.490 e. The molecule has 4 rings (SSSR count). The molecular weight excluding hydrogens is 362 g/mol. The Balaban J connectivity index is 1.49. The molecule has 0 aromatic heterocycles. The SMILES string of the molecule is CCCOc1ccc(C2NN=C3CCN(Cc4ccccc4)CC32)cc1OCC. The van der Waals surface area contributed by atoms with Gasteiger partial charge in [-0.05, 0) is 36.6 Å². The van der Waals surface area contributed by atoms with Gasteiger partial charge in [-0.2, -0.15) is 5.10 Å². The number of likely N-dealkylation sites (tertiary alicyclic amines) is 1. The molecule has 2 aliphatic rings. The Morgan fingerprint density at radius 1 is 1.07 bits per heavy atom. The summed E-state index contributed by atoms with van der Waals surface area (Å²) in [5.41, 5.74) is 7.27. The summed E-state index contributed by atoms with van der Waals surface area (Å²) in [4.78, 5) is 2.54. The predicted octanol–water partition coefficient (Wildman–Crippen LogP) is 4.40. The first-order chi connectivity index (χ1) is 14.3. The van der Waals surface area contributed by atoms with Gasteiger partial charge >= 0.3 is 0 Å². The molecule has 1 fully saturated rings. The van der Waals surface area contributed by atoms with Crippen LogP contribution in [0.15, 0.2) is 53.6 Å². The van der Waals surface area contributed by atoms with Gasteiger partial charge < -0.3 is 14.9 Å². The average Bonchev–Trinajstić information content (AvgIpc) is 3.17. The zero-order valence-corrected chi connectivity index (χ0v) is 17.4. The van der Waals surface area contributed by atoms with Crippen LogP contribution in [-0.4, -0.2) is 36.9 Å². The molecule has 154 valence electrons. The van der Waals surface area contributed by atoms with Crippen molar-refractivity contribution >= 4 is 5.71 Å². The van der Waals surface area contributed by atoms with Crippen molar-refractivity contribution < 1.29 is 9.47 Å². The van der Waals surface area contributed by atoms with Gasteiger partial charge in [0.2, 0.25) is 0 Å². The van der Waals surface area contributed by atoms with Gasteiger partial charge in [-0.25, -0.2) is 0 Å². The topological polar surface area (TPSA) is 46.1 Å². The van der Waals surface area contributed by atoms with E-state index in [-0.39, 0.29) is 6.04 Å². The molecule has 0 saturated carbocycles. The predicted molar refractivity (Wildman–Crippen MR) is 117 cm³/mol. The number of hydrogen-bond acceptors (Lipinski definition) is 5. The number of benzene rings is 2. The van der Waals surface area contributed by atoms with Crippen molar-refractivity contribution in [1.29, 1.82) is 0 Å². The number of rotatable bonds is 8. The highest BCUT2D eigenvalue weighted by atomic mass is 16.5. The van der Waals surface area contributed by atoms with Crippen LogP contribution in [0.25, 0.3) is 0 Å². The number of nitrogens with zero attached hydrogens (tertiary/aromatic N) is 2. The molecule has 0 bridgehead atoms.